The molecule has 0 saturated heterocycles. The SMILES string of the molecule is C=C(CS(C)(=O)=O)n1nc(C)c(S(C)(=O)=O)c1C1CCCCC1. The van der Waals surface area contributed by atoms with E-state index in [-0.39, 0.29) is 16.6 Å². The lowest BCUT2D eigenvalue weighted by Gasteiger charge is -2.24. The quantitative estimate of drug-likeness (QED) is 0.803. The molecular formula is C15H24N2O4S2. The average molecular weight is 361 g/mol. The van der Waals surface area contributed by atoms with Gasteiger partial charge in [-0.25, -0.2) is 21.5 Å². The van der Waals surface area contributed by atoms with Crippen LogP contribution in [0.4, 0.5) is 0 Å². The Kier molecular flexibility index (Phi) is 5.06. The summed E-state index contributed by atoms with van der Waals surface area (Å²) in [6.45, 7) is 5.47. The van der Waals surface area contributed by atoms with Crippen LogP contribution in [0, 0.1) is 6.92 Å². The van der Waals surface area contributed by atoms with E-state index < -0.39 is 19.7 Å². The van der Waals surface area contributed by atoms with Gasteiger partial charge in [0, 0.05) is 18.4 Å². The minimum absolute atomic E-state index is 0.0750. The molecule has 0 unspecified atom stereocenters. The van der Waals surface area contributed by atoms with Crippen molar-refractivity contribution in [2.45, 2.75) is 49.8 Å². The maximum atomic E-state index is 12.2. The number of aryl methyl sites for hydroxylation is 1. The molecular weight excluding hydrogens is 336 g/mol. The van der Waals surface area contributed by atoms with Crippen LogP contribution in [0.3, 0.4) is 0 Å². The topological polar surface area (TPSA) is 86.1 Å². The zero-order chi connectivity index (χ0) is 17.4. The zero-order valence-electron chi connectivity index (χ0n) is 13.9. The molecule has 6 nitrogen and oxygen atoms in total. The van der Waals surface area contributed by atoms with Crippen molar-refractivity contribution in [3.8, 4) is 0 Å². The molecule has 0 bridgehead atoms. The number of rotatable bonds is 5. The fourth-order valence-electron chi connectivity index (χ4n) is 3.33. The van der Waals surface area contributed by atoms with Crippen LogP contribution in [0.1, 0.15) is 49.4 Å². The van der Waals surface area contributed by atoms with Crippen molar-refractivity contribution in [2.75, 3.05) is 18.3 Å². The normalized spacial score (nSPS) is 17.3. The summed E-state index contributed by atoms with van der Waals surface area (Å²) in [5, 5.41) is 4.31. The molecule has 1 saturated carbocycles. The summed E-state index contributed by atoms with van der Waals surface area (Å²) in [6.07, 6.45) is 7.30. The van der Waals surface area contributed by atoms with Crippen LogP contribution in [-0.4, -0.2) is 44.9 Å². The molecule has 0 aromatic carbocycles. The van der Waals surface area contributed by atoms with Crippen LogP contribution in [0.2, 0.25) is 0 Å². The number of hydrogen-bond donors (Lipinski definition) is 0. The molecule has 0 N–H and O–H groups in total. The van der Waals surface area contributed by atoms with Gasteiger partial charge < -0.3 is 0 Å². The fourth-order valence-corrected chi connectivity index (χ4v) is 5.27. The first kappa shape index (κ1) is 18.2. The van der Waals surface area contributed by atoms with E-state index in [2.05, 4.69) is 11.7 Å². The fraction of sp³-hybridized carbons (Fsp3) is 0.667. The molecule has 1 aromatic rings. The highest BCUT2D eigenvalue weighted by Crippen LogP contribution is 2.38. The van der Waals surface area contributed by atoms with Gasteiger partial charge in [-0.2, -0.15) is 5.10 Å². The average Bonchev–Trinajstić information content (AvgIpc) is 2.75. The third-order valence-corrected chi connectivity index (χ3v) is 6.23. The minimum atomic E-state index is -3.44. The van der Waals surface area contributed by atoms with Gasteiger partial charge in [0.1, 0.15) is 4.90 Å². The highest BCUT2D eigenvalue weighted by Gasteiger charge is 2.31. The van der Waals surface area contributed by atoms with Gasteiger partial charge in [0.15, 0.2) is 19.7 Å². The van der Waals surface area contributed by atoms with Crippen molar-refractivity contribution in [3.05, 3.63) is 18.0 Å². The summed E-state index contributed by atoms with van der Waals surface area (Å²) < 4.78 is 49.1. The second kappa shape index (κ2) is 6.39. The molecule has 0 spiro atoms. The first-order valence-electron chi connectivity index (χ1n) is 7.66. The standard InChI is InChI=1S/C15H24N2O4S2/c1-11(10-22(3,18)19)17-14(13-8-6-5-7-9-13)15(12(2)16-17)23(4,20)21/h13H,1,5-10H2,2-4H3. The first-order valence-corrected chi connectivity index (χ1v) is 11.6. The van der Waals surface area contributed by atoms with Crippen LogP contribution >= 0.6 is 0 Å². The summed E-state index contributed by atoms with van der Waals surface area (Å²) in [4.78, 5) is 0.235. The summed E-state index contributed by atoms with van der Waals surface area (Å²) in [6, 6.07) is 0. The number of nitrogens with zero attached hydrogens (tertiary/aromatic N) is 2. The van der Waals surface area contributed by atoms with Gasteiger partial charge in [0.25, 0.3) is 0 Å². The van der Waals surface area contributed by atoms with Crippen molar-refractivity contribution in [1.29, 1.82) is 0 Å². The Bertz CT molecular complexity index is 814. The van der Waals surface area contributed by atoms with Crippen molar-refractivity contribution >= 4 is 25.4 Å². The largest absolute Gasteiger partial charge is 0.240 e. The maximum absolute atomic E-state index is 12.2. The third-order valence-electron chi connectivity index (χ3n) is 4.13. The van der Waals surface area contributed by atoms with Crippen LogP contribution in [0.15, 0.2) is 11.5 Å². The second-order valence-electron chi connectivity index (χ2n) is 6.45. The summed E-state index contributed by atoms with van der Waals surface area (Å²) >= 11 is 0. The lowest BCUT2D eigenvalue weighted by Crippen LogP contribution is -2.17. The molecule has 23 heavy (non-hydrogen) atoms. The van der Waals surface area contributed by atoms with E-state index in [1.807, 2.05) is 0 Å². The molecule has 1 aliphatic rings. The molecule has 0 amide bonds. The van der Waals surface area contributed by atoms with Gasteiger partial charge in [0.05, 0.1) is 22.8 Å². The van der Waals surface area contributed by atoms with Gasteiger partial charge in [-0.05, 0) is 19.8 Å². The van der Waals surface area contributed by atoms with Gasteiger partial charge in [-0.3, -0.25) is 0 Å². The maximum Gasteiger partial charge on any atom is 0.179 e. The molecule has 1 fully saturated rings. The molecule has 0 atom stereocenters. The molecule has 1 aromatic heterocycles. The molecule has 1 aliphatic carbocycles. The highest BCUT2D eigenvalue weighted by molar-refractivity contribution is 7.91. The van der Waals surface area contributed by atoms with Crippen LogP contribution in [0.5, 0.6) is 0 Å². The lowest BCUT2D eigenvalue weighted by atomic mass is 9.86. The first-order chi connectivity index (χ1) is 10.5. The van der Waals surface area contributed by atoms with Crippen LogP contribution < -0.4 is 0 Å². The van der Waals surface area contributed by atoms with Gasteiger partial charge in [-0.1, -0.05) is 25.8 Å². The molecule has 0 radical (unpaired) electrons. The van der Waals surface area contributed by atoms with Gasteiger partial charge in [0.2, 0.25) is 0 Å². The van der Waals surface area contributed by atoms with E-state index in [1.165, 1.54) is 10.9 Å². The summed E-state index contributed by atoms with van der Waals surface area (Å²) in [5.41, 5.74) is 1.31. The van der Waals surface area contributed by atoms with E-state index in [0.29, 0.717) is 17.1 Å². The molecule has 8 heteroatoms. The van der Waals surface area contributed by atoms with Gasteiger partial charge in [-0.15, -0.1) is 0 Å². The predicted octanol–water partition coefficient (Wildman–Crippen LogP) is 2.16. The Balaban J connectivity index is 2.60. The van der Waals surface area contributed by atoms with Crippen molar-refractivity contribution in [2.24, 2.45) is 0 Å². The monoisotopic (exact) mass is 360 g/mol. The Morgan fingerprint density at radius 2 is 1.74 bits per heavy atom. The van der Waals surface area contributed by atoms with Crippen molar-refractivity contribution in [3.63, 3.8) is 0 Å². The van der Waals surface area contributed by atoms with E-state index in [1.54, 1.807) is 6.92 Å². The highest BCUT2D eigenvalue weighted by atomic mass is 32.2. The molecule has 130 valence electrons. The second-order valence-corrected chi connectivity index (χ2v) is 10.5. The smallest absolute Gasteiger partial charge is 0.179 e. The summed E-state index contributed by atoms with van der Waals surface area (Å²) in [5.74, 6) is -0.164. The minimum Gasteiger partial charge on any atom is -0.240 e. The molecule has 0 aliphatic heterocycles. The van der Waals surface area contributed by atoms with Crippen molar-refractivity contribution < 1.29 is 16.8 Å². The van der Waals surface area contributed by atoms with Crippen molar-refractivity contribution in [1.82, 2.24) is 9.78 Å². The van der Waals surface area contributed by atoms with E-state index in [9.17, 15) is 16.8 Å². The number of hydrogen-bond acceptors (Lipinski definition) is 5. The van der Waals surface area contributed by atoms with E-state index in [0.717, 1.165) is 38.4 Å². The predicted molar refractivity (Wildman–Crippen MR) is 90.9 cm³/mol. The summed E-state index contributed by atoms with van der Waals surface area (Å²) in [7, 11) is -6.71. The number of sulfone groups is 2. The van der Waals surface area contributed by atoms with Crippen LogP contribution in [0.25, 0.3) is 5.70 Å². The third kappa shape index (κ3) is 4.23. The van der Waals surface area contributed by atoms with E-state index in [4.69, 9.17) is 0 Å². The Hall–Kier alpha value is -1.15. The molecule has 2 rings (SSSR count). The Morgan fingerprint density at radius 3 is 2.22 bits per heavy atom. The van der Waals surface area contributed by atoms with E-state index >= 15 is 0 Å². The van der Waals surface area contributed by atoms with Crippen LogP contribution in [-0.2, 0) is 19.7 Å². The Morgan fingerprint density at radius 1 is 1.17 bits per heavy atom. The number of aromatic nitrogens is 2. The lowest BCUT2D eigenvalue weighted by molar-refractivity contribution is 0.425. The zero-order valence-corrected chi connectivity index (χ0v) is 15.5. The molecule has 1 heterocycles. The Labute approximate surface area is 138 Å². The van der Waals surface area contributed by atoms with Gasteiger partial charge >= 0.3 is 0 Å².